The number of likely N-dealkylation sites (N-methyl/N-ethyl adjacent to an activating group) is 1. The molecule has 2 fully saturated rings. The molecule has 7 rings (SSSR count). The summed E-state index contributed by atoms with van der Waals surface area (Å²) >= 11 is 0. The standard InChI is InChI=1S/C31H34N6O2/c1-20-15-24(16-23-7-8-25-19-35(2)9-10-37(25)29(20)23)27-18-33-30-28(34-27)26(17-32-30)21-3-5-22(6-4-21)31(38)36-11-13-39-14-12-36/h3-6,15-18,25H,7-14,19H2,1-2H3,(H,32,33)/t25-/m0/s1. The number of fused-ring (bicyclic) bond motifs is 4. The van der Waals surface area contributed by atoms with Gasteiger partial charge in [-0.3, -0.25) is 4.79 Å². The molecule has 2 aromatic heterocycles. The van der Waals surface area contributed by atoms with Gasteiger partial charge in [0.05, 0.1) is 25.1 Å². The molecule has 39 heavy (non-hydrogen) atoms. The molecule has 5 heterocycles. The van der Waals surface area contributed by atoms with Gasteiger partial charge in [0.15, 0.2) is 5.65 Å². The fourth-order valence-corrected chi connectivity index (χ4v) is 6.47. The van der Waals surface area contributed by atoms with E-state index in [1.165, 1.54) is 23.2 Å². The Hall–Kier alpha value is -3.75. The number of rotatable bonds is 3. The Labute approximate surface area is 228 Å². The molecule has 0 bridgehead atoms. The summed E-state index contributed by atoms with van der Waals surface area (Å²) in [5, 5.41) is 0. The van der Waals surface area contributed by atoms with E-state index in [0.717, 1.165) is 59.6 Å². The summed E-state index contributed by atoms with van der Waals surface area (Å²) in [7, 11) is 2.23. The number of piperazine rings is 1. The number of carbonyl (C=O) groups excluding carboxylic acids is 1. The number of morpholine rings is 1. The van der Waals surface area contributed by atoms with Crippen LogP contribution < -0.4 is 4.90 Å². The molecule has 2 saturated heterocycles. The van der Waals surface area contributed by atoms with Gasteiger partial charge >= 0.3 is 0 Å². The molecule has 3 aliphatic heterocycles. The smallest absolute Gasteiger partial charge is 0.254 e. The Bertz CT molecular complexity index is 1540. The molecule has 200 valence electrons. The zero-order valence-electron chi connectivity index (χ0n) is 22.6. The number of amides is 1. The fraction of sp³-hybridized carbons (Fsp3) is 0.387. The SMILES string of the molecule is Cc1cc(-c2cnc3[nH]cc(-c4ccc(C(=O)N5CCOCC5)cc4)c3n2)cc2c1N1CCN(C)C[C@@H]1CC2. The van der Waals surface area contributed by atoms with E-state index in [-0.39, 0.29) is 5.91 Å². The Morgan fingerprint density at radius 2 is 1.87 bits per heavy atom. The van der Waals surface area contributed by atoms with Crippen molar-refractivity contribution in [2.75, 3.05) is 57.9 Å². The predicted octanol–water partition coefficient (Wildman–Crippen LogP) is 4.14. The van der Waals surface area contributed by atoms with Crippen molar-refractivity contribution in [3.05, 3.63) is 65.5 Å². The van der Waals surface area contributed by atoms with E-state index >= 15 is 0 Å². The number of aromatic amines is 1. The van der Waals surface area contributed by atoms with E-state index in [1.807, 2.05) is 41.6 Å². The molecule has 1 atom stereocenters. The van der Waals surface area contributed by atoms with Crippen LogP contribution in [0.1, 0.15) is 27.9 Å². The average molecular weight is 523 g/mol. The van der Waals surface area contributed by atoms with Crippen molar-refractivity contribution in [2.24, 2.45) is 0 Å². The van der Waals surface area contributed by atoms with Crippen molar-refractivity contribution in [1.82, 2.24) is 24.8 Å². The van der Waals surface area contributed by atoms with Gasteiger partial charge in [0, 0.05) is 67.3 Å². The zero-order valence-corrected chi connectivity index (χ0v) is 22.6. The van der Waals surface area contributed by atoms with Gasteiger partial charge < -0.3 is 24.4 Å². The lowest BCUT2D eigenvalue weighted by atomic mass is 9.89. The summed E-state index contributed by atoms with van der Waals surface area (Å²) in [6.07, 6.45) is 6.12. The van der Waals surface area contributed by atoms with Crippen LogP contribution in [-0.4, -0.2) is 89.7 Å². The minimum Gasteiger partial charge on any atom is -0.378 e. The first kappa shape index (κ1) is 24.3. The molecule has 1 N–H and O–H groups in total. The molecule has 0 radical (unpaired) electrons. The lowest BCUT2D eigenvalue weighted by Gasteiger charge is -2.46. The summed E-state index contributed by atoms with van der Waals surface area (Å²) in [5.74, 6) is 0.0523. The number of anilines is 1. The first-order valence-electron chi connectivity index (χ1n) is 14.0. The summed E-state index contributed by atoms with van der Waals surface area (Å²) in [6.45, 7) is 8.04. The Morgan fingerprint density at radius 1 is 1.05 bits per heavy atom. The normalized spacial score (nSPS) is 19.7. The quantitative estimate of drug-likeness (QED) is 0.436. The van der Waals surface area contributed by atoms with Gasteiger partial charge in [-0.15, -0.1) is 0 Å². The molecule has 8 heteroatoms. The highest BCUT2D eigenvalue weighted by atomic mass is 16.5. The van der Waals surface area contributed by atoms with Crippen LogP contribution >= 0.6 is 0 Å². The van der Waals surface area contributed by atoms with Crippen molar-refractivity contribution in [3.8, 4) is 22.4 Å². The van der Waals surface area contributed by atoms with Gasteiger partial charge in [-0.05, 0) is 67.8 Å². The van der Waals surface area contributed by atoms with Crippen molar-refractivity contribution in [1.29, 1.82) is 0 Å². The van der Waals surface area contributed by atoms with Crippen molar-refractivity contribution >= 4 is 22.8 Å². The highest BCUT2D eigenvalue weighted by Gasteiger charge is 2.32. The number of benzene rings is 2. The molecule has 2 aromatic carbocycles. The Morgan fingerprint density at radius 3 is 2.69 bits per heavy atom. The van der Waals surface area contributed by atoms with Crippen molar-refractivity contribution in [2.45, 2.75) is 25.8 Å². The highest BCUT2D eigenvalue weighted by Crippen LogP contribution is 2.38. The average Bonchev–Trinajstić information content (AvgIpc) is 3.40. The number of ether oxygens (including phenoxy) is 1. The van der Waals surface area contributed by atoms with Gasteiger partial charge in [-0.2, -0.15) is 0 Å². The van der Waals surface area contributed by atoms with Crippen LogP contribution in [0.5, 0.6) is 0 Å². The van der Waals surface area contributed by atoms with Crippen LogP contribution in [0.4, 0.5) is 5.69 Å². The first-order valence-corrected chi connectivity index (χ1v) is 14.0. The fourth-order valence-electron chi connectivity index (χ4n) is 6.47. The second-order valence-electron chi connectivity index (χ2n) is 11.1. The van der Waals surface area contributed by atoms with Crippen LogP contribution in [-0.2, 0) is 11.2 Å². The number of hydrogen-bond acceptors (Lipinski definition) is 6. The van der Waals surface area contributed by atoms with Crippen molar-refractivity contribution < 1.29 is 9.53 Å². The topological polar surface area (TPSA) is 77.6 Å². The number of H-pyrrole nitrogens is 1. The third-order valence-electron chi connectivity index (χ3n) is 8.52. The van der Waals surface area contributed by atoms with Crippen LogP contribution in [0, 0.1) is 6.92 Å². The van der Waals surface area contributed by atoms with Crippen molar-refractivity contribution in [3.63, 3.8) is 0 Å². The molecule has 1 amide bonds. The minimum absolute atomic E-state index is 0.0523. The van der Waals surface area contributed by atoms with E-state index in [9.17, 15) is 4.79 Å². The van der Waals surface area contributed by atoms with E-state index in [2.05, 4.69) is 40.9 Å². The first-order chi connectivity index (χ1) is 19.0. The van der Waals surface area contributed by atoms with Gasteiger partial charge in [0.1, 0.15) is 5.52 Å². The van der Waals surface area contributed by atoms with Crippen LogP contribution in [0.2, 0.25) is 0 Å². The number of aryl methyl sites for hydroxylation is 2. The van der Waals surface area contributed by atoms with Crippen LogP contribution in [0.15, 0.2) is 48.8 Å². The maximum Gasteiger partial charge on any atom is 0.254 e. The lowest BCUT2D eigenvalue weighted by molar-refractivity contribution is 0.0303. The largest absolute Gasteiger partial charge is 0.378 e. The molecular formula is C31H34N6O2. The second-order valence-corrected chi connectivity index (χ2v) is 11.1. The second kappa shape index (κ2) is 9.77. The lowest BCUT2D eigenvalue weighted by Crippen LogP contribution is -2.54. The van der Waals surface area contributed by atoms with Gasteiger partial charge in [-0.1, -0.05) is 12.1 Å². The Kier molecular flexibility index (Phi) is 6.09. The van der Waals surface area contributed by atoms with Gasteiger partial charge in [-0.25, -0.2) is 9.97 Å². The third kappa shape index (κ3) is 4.37. The maximum atomic E-state index is 12.9. The maximum absolute atomic E-state index is 12.9. The molecule has 0 unspecified atom stereocenters. The molecule has 8 nitrogen and oxygen atoms in total. The summed E-state index contributed by atoms with van der Waals surface area (Å²) in [4.78, 5) is 32.9. The monoisotopic (exact) mass is 522 g/mol. The molecule has 0 spiro atoms. The van der Waals surface area contributed by atoms with E-state index in [0.29, 0.717) is 37.9 Å². The molecule has 4 aromatic rings. The highest BCUT2D eigenvalue weighted by molar-refractivity contribution is 5.96. The summed E-state index contributed by atoms with van der Waals surface area (Å²) in [6, 6.07) is 13.0. The molecule has 0 aliphatic carbocycles. The number of nitrogens with one attached hydrogen (secondary N) is 1. The third-order valence-corrected chi connectivity index (χ3v) is 8.52. The van der Waals surface area contributed by atoms with Gasteiger partial charge in [0.25, 0.3) is 5.91 Å². The van der Waals surface area contributed by atoms with E-state index < -0.39 is 0 Å². The summed E-state index contributed by atoms with van der Waals surface area (Å²) in [5.41, 5.74) is 10.4. The minimum atomic E-state index is 0.0523. The van der Waals surface area contributed by atoms with E-state index in [1.54, 1.807) is 0 Å². The number of nitrogens with zero attached hydrogens (tertiary/aromatic N) is 5. The number of aromatic nitrogens is 3. The summed E-state index contributed by atoms with van der Waals surface area (Å²) < 4.78 is 5.38. The molecular weight excluding hydrogens is 488 g/mol. The zero-order chi connectivity index (χ0) is 26.5. The molecule has 0 saturated carbocycles. The van der Waals surface area contributed by atoms with Crippen LogP contribution in [0.3, 0.4) is 0 Å². The molecule has 3 aliphatic rings. The predicted molar refractivity (Wildman–Crippen MR) is 153 cm³/mol. The van der Waals surface area contributed by atoms with Crippen LogP contribution in [0.25, 0.3) is 33.5 Å². The number of carbonyl (C=O) groups is 1. The van der Waals surface area contributed by atoms with Gasteiger partial charge in [0.2, 0.25) is 0 Å². The number of hydrogen-bond donors (Lipinski definition) is 1. The van der Waals surface area contributed by atoms with E-state index in [4.69, 9.17) is 14.7 Å². The Balaban J connectivity index is 1.19.